The van der Waals surface area contributed by atoms with Crippen LogP contribution in [-0.2, 0) is 9.47 Å². The largest absolute Gasteiger partial charge is 0.382 e. The van der Waals surface area contributed by atoms with Crippen LogP contribution in [0.1, 0.15) is 27.2 Å². The maximum atomic E-state index is 5.39. The minimum atomic E-state index is 0.288. The molecule has 1 N–H and O–H groups in total. The lowest BCUT2D eigenvalue weighted by atomic mass is 9.85. The number of thioether (sulfide) groups is 1. The number of amidine groups is 1. The zero-order valence-electron chi connectivity index (χ0n) is 12.0. The number of hydrogen-bond acceptors (Lipinski definition) is 4. The second-order valence-electron chi connectivity index (χ2n) is 5.49. The van der Waals surface area contributed by atoms with Crippen molar-refractivity contribution in [3.8, 4) is 0 Å². The SMILES string of the molecule is COCCOCCN=C1NC(C(C)(C)C)CCS1. The molecule has 18 heavy (non-hydrogen) atoms. The van der Waals surface area contributed by atoms with Crippen LogP contribution < -0.4 is 5.32 Å². The van der Waals surface area contributed by atoms with Crippen molar-refractivity contribution in [1.82, 2.24) is 5.32 Å². The van der Waals surface area contributed by atoms with Crippen LogP contribution in [0, 0.1) is 5.41 Å². The molecule has 106 valence electrons. The molecule has 0 bridgehead atoms. The van der Waals surface area contributed by atoms with Crippen LogP contribution in [-0.4, -0.2) is 50.4 Å². The van der Waals surface area contributed by atoms with Gasteiger partial charge in [-0.3, -0.25) is 4.99 Å². The van der Waals surface area contributed by atoms with Crippen molar-refractivity contribution in [3.05, 3.63) is 0 Å². The Bertz CT molecular complexity index is 264. The Morgan fingerprint density at radius 2 is 2.11 bits per heavy atom. The maximum Gasteiger partial charge on any atom is 0.156 e. The van der Waals surface area contributed by atoms with Gasteiger partial charge in [-0.15, -0.1) is 0 Å². The second kappa shape index (κ2) is 8.02. The molecule has 0 aliphatic carbocycles. The van der Waals surface area contributed by atoms with Gasteiger partial charge in [0.1, 0.15) is 0 Å². The molecule has 5 heteroatoms. The minimum absolute atomic E-state index is 0.288. The van der Waals surface area contributed by atoms with Gasteiger partial charge in [-0.25, -0.2) is 0 Å². The van der Waals surface area contributed by atoms with Crippen molar-refractivity contribution < 1.29 is 9.47 Å². The van der Waals surface area contributed by atoms with Crippen LogP contribution >= 0.6 is 11.8 Å². The number of rotatable bonds is 6. The van der Waals surface area contributed by atoms with E-state index in [1.54, 1.807) is 7.11 Å². The van der Waals surface area contributed by atoms with E-state index in [1.807, 2.05) is 11.8 Å². The third kappa shape index (κ3) is 6.07. The van der Waals surface area contributed by atoms with Crippen molar-refractivity contribution in [2.45, 2.75) is 33.2 Å². The molecule has 0 amide bonds. The monoisotopic (exact) mass is 274 g/mol. The van der Waals surface area contributed by atoms with Gasteiger partial charge in [-0.05, 0) is 11.8 Å². The molecule has 1 atom stereocenters. The lowest BCUT2D eigenvalue weighted by molar-refractivity contribution is 0.0748. The van der Waals surface area contributed by atoms with Crippen molar-refractivity contribution in [1.29, 1.82) is 0 Å². The number of methoxy groups -OCH3 is 1. The fraction of sp³-hybridized carbons (Fsp3) is 0.923. The molecule has 1 unspecified atom stereocenters. The van der Waals surface area contributed by atoms with Gasteiger partial charge < -0.3 is 14.8 Å². The van der Waals surface area contributed by atoms with Gasteiger partial charge in [0.25, 0.3) is 0 Å². The quantitative estimate of drug-likeness (QED) is 0.754. The molecule has 0 aromatic rings. The van der Waals surface area contributed by atoms with Gasteiger partial charge in [-0.1, -0.05) is 32.5 Å². The highest BCUT2D eigenvalue weighted by atomic mass is 32.2. The molecule has 1 rings (SSSR count). The van der Waals surface area contributed by atoms with E-state index in [0.717, 1.165) is 17.5 Å². The van der Waals surface area contributed by atoms with E-state index < -0.39 is 0 Å². The number of nitrogens with one attached hydrogen (secondary N) is 1. The number of hydrogen-bond donors (Lipinski definition) is 1. The summed E-state index contributed by atoms with van der Waals surface area (Å²) in [6.07, 6.45) is 1.21. The average molecular weight is 274 g/mol. The van der Waals surface area contributed by atoms with Gasteiger partial charge in [0, 0.05) is 18.9 Å². The van der Waals surface area contributed by atoms with E-state index in [9.17, 15) is 0 Å². The zero-order valence-corrected chi connectivity index (χ0v) is 12.8. The normalized spacial score (nSPS) is 23.1. The first kappa shape index (κ1) is 15.8. The summed E-state index contributed by atoms with van der Waals surface area (Å²) in [6.45, 7) is 9.48. The summed E-state index contributed by atoms with van der Waals surface area (Å²) in [4.78, 5) is 4.55. The number of aliphatic imine (C=N–C) groups is 1. The van der Waals surface area contributed by atoms with E-state index in [-0.39, 0.29) is 5.41 Å². The molecular formula is C13H26N2O2S. The van der Waals surface area contributed by atoms with E-state index >= 15 is 0 Å². The average Bonchev–Trinajstić information content (AvgIpc) is 2.33. The highest BCUT2D eigenvalue weighted by Crippen LogP contribution is 2.27. The van der Waals surface area contributed by atoms with Crippen LogP contribution in [0.5, 0.6) is 0 Å². The Morgan fingerprint density at radius 3 is 2.78 bits per heavy atom. The molecular weight excluding hydrogens is 248 g/mol. The first-order chi connectivity index (χ1) is 8.54. The van der Waals surface area contributed by atoms with Crippen LogP contribution in [0.2, 0.25) is 0 Å². The highest BCUT2D eigenvalue weighted by Gasteiger charge is 2.28. The van der Waals surface area contributed by atoms with Gasteiger partial charge in [-0.2, -0.15) is 0 Å². The Morgan fingerprint density at radius 1 is 1.33 bits per heavy atom. The van der Waals surface area contributed by atoms with Crippen LogP contribution in [0.25, 0.3) is 0 Å². The summed E-state index contributed by atoms with van der Waals surface area (Å²) in [5.74, 6) is 1.15. The van der Waals surface area contributed by atoms with Gasteiger partial charge in [0.15, 0.2) is 5.17 Å². The first-order valence-electron chi connectivity index (χ1n) is 6.54. The van der Waals surface area contributed by atoms with Gasteiger partial charge in [0.2, 0.25) is 0 Å². The van der Waals surface area contributed by atoms with Gasteiger partial charge in [0.05, 0.1) is 26.4 Å². The van der Waals surface area contributed by atoms with E-state index in [4.69, 9.17) is 9.47 Å². The lowest BCUT2D eigenvalue weighted by Crippen LogP contribution is -2.46. The van der Waals surface area contributed by atoms with E-state index in [0.29, 0.717) is 25.9 Å². The molecule has 0 spiro atoms. The standard InChI is InChI=1S/C13H26N2O2S/c1-13(2,3)11-5-10-18-12(15-11)14-6-7-17-9-8-16-4/h11H,5-10H2,1-4H3,(H,14,15). The van der Waals surface area contributed by atoms with E-state index in [1.165, 1.54) is 6.42 Å². The van der Waals surface area contributed by atoms with Crippen molar-refractivity contribution >= 4 is 16.9 Å². The molecule has 1 heterocycles. The summed E-state index contributed by atoms with van der Waals surface area (Å²) in [7, 11) is 1.68. The molecule has 1 aliphatic heterocycles. The summed E-state index contributed by atoms with van der Waals surface area (Å²) in [5.41, 5.74) is 0.288. The molecule has 4 nitrogen and oxygen atoms in total. The van der Waals surface area contributed by atoms with E-state index in [2.05, 4.69) is 31.1 Å². The molecule has 1 saturated heterocycles. The summed E-state index contributed by atoms with van der Waals surface area (Å²) in [6, 6.07) is 0.520. The van der Waals surface area contributed by atoms with Crippen LogP contribution in [0.15, 0.2) is 4.99 Å². The Balaban J connectivity index is 2.24. The van der Waals surface area contributed by atoms with Gasteiger partial charge >= 0.3 is 0 Å². The summed E-state index contributed by atoms with van der Waals surface area (Å²) >= 11 is 1.81. The summed E-state index contributed by atoms with van der Waals surface area (Å²) < 4.78 is 10.3. The van der Waals surface area contributed by atoms with Crippen molar-refractivity contribution in [2.75, 3.05) is 39.2 Å². The molecule has 0 aromatic carbocycles. The first-order valence-corrected chi connectivity index (χ1v) is 7.53. The van der Waals surface area contributed by atoms with Crippen LogP contribution in [0.4, 0.5) is 0 Å². The Kier molecular flexibility index (Phi) is 7.04. The number of nitrogens with zero attached hydrogens (tertiary/aromatic N) is 1. The molecule has 1 fully saturated rings. The fourth-order valence-electron chi connectivity index (χ4n) is 1.73. The Labute approximate surface area is 115 Å². The Hall–Kier alpha value is -0.260. The third-order valence-electron chi connectivity index (χ3n) is 2.91. The van der Waals surface area contributed by atoms with Crippen molar-refractivity contribution in [3.63, 3.8) is 0 Å². The summed E-state index contributed by atoms with van der Waals surface area (Å²) in [5, 5.41) is 4.59. The number of ether oxygens (including phenoxy) is 2. The minimum Gasteiger partial charge on any atom is -0.382 e. The molecule has 1 aliphatic rings. The third-order valence-corrected chi connectivity index (χ3v) is 3.87. The molecule has 0 saturated carbocycles. The predicted octanol–water partition coefficient (Wildman–Crippen LogP) is 2.15. The zero-order chi connectivity index (χ0) is 13.4. The smallest absolute Gasteiger partial charge is 0.156 e. The lowest BCUT2D eigenvalue weighted by Gasteiger charge is -2.35. The topological polar surface area (TPSA) is 42.9 Å². The molecule has 0 aromatic heterocycles. The predicted molar refractivity (Wildman–Crippen MR) is 78.5 cm³/mol. The molecule has 0 radical (unpaired) electrons. The van der Waals surface area contributed by atoms with Crippen molar-refractivity contribution in [2.24, 2.45) is 10.4 Å². The maximum absolute atomic E-state index is 5.39. The van der Waals surface area contributed by atoms with Crippen LogP contribution in [0.3, 0.4) is 0 Å². The highest BCUT2D eigenvalue weighted by molar-refractivity contribution is 8.13. The fourth-order valence-corrected chi connectivity index (χ4v) is 2.69. The second-order valence-corrected chi connectivity index (χ2v) is 6.58.